The van der Waals surface area contributed by atoms with Crippen molar-refractivity contribution in [2.45, 2.75) is 68.8 Å². The van der Waals surface area contributed by atoms with E-state index in [1.54, 1.807) is 0 Å². The van der Waals surface area contributed by atoms with Gasteiger partial charge in [0.05, 0.1) is 5.75 Å². The highest BCUT2D eigenvalue weighted by atomic mass is 32.2. The van der Waals surface area contributed by atoms with Gasteiger partial charge in [0, 0.05) is 17.7 Å². The standard InChI is InChI=1S/C23H27N3O3S/c1-23(2,3)16-10-8-15(9-11-16)21-24-25-22(26(21)17-6-4-5-7-17)30-14-18-12-19(27)20(28)13-29-18/h8-13,17,28H,4-7,14H2,1-3H3. The van der Waals surface area contributed by atoms with Gasteiger partial charge in [0.1, 0.15) is 12.0 Å². The summed E-state index contributed by atoms with van der Waals surface area (Å²) < 4.78 is 7.59. The molecule has 1 fully saturated rings. The van der Waals surface area contributed by atoms with Crippen molar-refractivity contribution in [3.63, 3.8) is 0 Å². The average molecular weight is 426 g/mol. The fourth-order valence-electron chi connectivity index (χ4n) is 3.84. The van der Waals surface area contributed by atoms with Crippen LogP contribution in [0.25, 0.3) is 11.4 Å². The van der Waals surface area contributed by atoms with Gasteiger partial charge in [-0.25, -0.2) is 0 Å². The molecule has 1 aliphatic carbocycles. The molecule has 158 valence electrons. The van der Waals surface area contributed by atoms with Crippen molar-refractivity contribution in [2.75, 3.05) is 0 Å². The first-order chi connectivity index (χ1) is 14.3. The second-order valence-corrected chi connectivity index (χ2v) is 9.77. The van der Waals surface area contributed by atoms with Crippen LogP contribution in [0.2, 0.25) is 0 Å². The Kier molecular flexibility index (Phi) is 5.73. The first kappa shape index (κ1) is 20.7. The molecule has 1 saturated carbocycles. The Morgan fingerprint density at radius 1 is 1.17 bits per heavy atom. The molecule has 0 amide bonds. The molecule has 30 heavy (non-hydrogen) atoms. The lowest BCUT2D eigenvalue weighted by atomic mass is 9.86. The topological polar surface area (TPSA) is 81.2 Å². The lowest BCUT2D eigenvalue weighted by Gasteiger charge is -2.20. The molecule has 0 saturated heterocycles. The summed E-state index contributed by atoms with van der Waals surface area (Å²) in [7, 11) is 0. The van der Waals surface area contributed by atoms with E-state index in [1.807, 2.05) is 0 Å². The van der Waals surface area contributed by atoms with Crippen LogP contribution in [0.3, 0.4) is 0 Å². The molecule has 0 aliphatic heterocycles. The quantitative estimate of drug-likeness (QED) is 0.558. The van der Waals surface area contributed by atoms with E-state index in [9.17, 15) is 9.90 Å². The van der Waals surface area contributed by atoms with E-state index < -0.39 is 5.43 Å². The van der Waals surface area contributed by atoms with Gasteiger partial charge in [0.2, 0.25) is 5.43 Å². The molecule has 7 heteroatoms. The highest BCUT2D eigenvalue weighted by Crippen LogP contribution is 2.37. The van der Waals surface area contributed by atoms with Crippen molar-refractivity contribution in [2.24, 2.45) is 0 Å². The van der Waals surface area contributed by atoms with Crippen molar-refractivity contribution in [3.8, 4) is 17.1 Å². The van der Waals surface area contributed by atoms with Gasteiger partial charge in [0.15, 0.2) is 16.7 Å². The lowest BCUT2D eigenvalue weighted by molar-refractivity contribution is 0.419. The third-order valence-electron chi connectivity index (χ3n) is 5.57. The first-order valence-corrected chi connectivity index (χ1v) is 11.3. The Labute approximate surface area is 180 Å². The maximum Gasteiger partial charge on any atom is 0.226 e. The van der Waals surface area contributed by atoms with Crippen molar-refractivity contribution < 1.29 is 9.52 Å². The van der Waals surface area contributed by atoms with Gasteiger partial charge in [-0.3, -0.25) is 9.36 Å². The number of thioether (sulfide) groups is 1. The van der Waals surface area contributed by atoms with Crippen LogP contribution in [-0.2, 0) is 11.2 Å². The fraction of sp³-hybridized carbons (Fsp3) is 0.435. The maximum atomic E-state index is 11.7. The van der Waals surface area contributed by atoms with Crippen LogP contribution in [0.4, 0.5) is 0 Å². The van der Waals surface area contributed by atoms with Crippen LogP contribution in [-0.4, -0.2) is 19.9 Å². The Morgan fingerprint density at radius 3 is 2.50 bits per heavy atom. The molecule has 4 rings (SSSR count). The van der Waals surface area contributed by atoms with E-state index in [-0.39, 0.29) is 11.2 Å². The zero-order chi connectivity index (χ0) is 21.3. The number of aromatic hydroxyl groups is 1. The molecule has 1 aliphatic rings. The minimum atomic E-state index is -0.436. The Morgan fingerprint density at radius 2 is 1.87 bits per heavy atom. The fourth-order valence-corrected chi connectivity index (χ4v) is 4.73. The summed E-state index contributed by atoms with van der Waals surface area (Å²) in [6.45, 7) is 6.62. The molecular formula is C23H27N3O3S. The average Bonchev–Trinajstić information content (AvgIpc) is 3.37. The summed E-state index contributed by atoms with van der Waals surface area (Å²) in [5.74, 6) is 1.46. The molecule has 0 bridgehead atoms. The van der Waals surface area contributed by atoms with Crippen LogP contribution in [0, 0.1) is 0 Å². The lowest BCUT2D eigenvalue weighted by Crippen LogP contribution is -2.11. The SMILES string of the molecule is CC(C)(C)c1ccc(-c2nnc(SCc3cc(=O)c(O)co3)n2C2CCCC2)cc1. The largest absolute Gasteiger partial charge is 0.502 e. The van der Waals surface area contributed by atoms with Crippen LogP contribution in [0.15, 0.2) is 51.0 Å². The summed E-state index contributed by atoms with van der Waals surface area (Å²) in [5, 5.41) is 19.2. The normalized spacial score (nSPS) is 15.0. The van der Waals surface area contributed by atoms with Crippen LogP contribution in [0.5, 0.6) is 5.75 Å². The predicted octanol–water partition coefficient (Wildman–Crippen LogP) is 5.31. The second-order valence-electron chi connectivity index (χ2n) is 8.83. The van der Waals surface area contributed by atoms with Crippen LogP contribution >= 0.6 is 11.8 Å². The predicted molar refractivity (Wildman–Crippen MR) is 118 cm³/mol. The van der Waals surface area contributed by atoms with Gasteiger partial charge in [-0.05, 0) is 23.8 Å². The maximum absolute atomic E-state index is 11.7. The molecule has 1 aromatic carbocycles. The molecule has 3 aromatic rings. The van der Waals surface area contributed by atoms with Gasteiger partial charge < -0.3 is 9.52 Å². The van der Waals surface area contributed by atoms with Crippen molar-refractivity contribution in [1.82, 2.24) is 14.8 Å². The number of hydrogen-bond acceptors (Lipinski definition) is 6. The Balaban J connectivity index is 1.64. The first-order valence-electron chi connectivity index (χ1n) is 10.3. The molecule has 0 atom stereocenters. The summed E-state index contributed by atoms with van der Waals surface area (Å²) in [6.07, 6.45) is 5.74. The molecule has 1 N–H and O–H groups in total. The number of benzene rings is 1. The number of aromatic nitrogens is 3. The molecule has 2 heterocycles. The number of hydrogen-bond donors (Lipinski definition) is 1. The molecule has 0 spiro atoms. The van der Waals surface area contributed by atoms with Gasteiger partial charge in [-0.2, -0.15) is 0 Å². The van der Waals surface area contributed by atoms with E-state index >= 15 is 0 Å². The van der Waals surface area contributed by atoms with E-state index in [0.29, 0.717) is 17.6 Å². The van der Waals surface area contributed by atoms with Gasteiger partial charge in [-0.15, -0.1) is 10.2 Å². The number of rotatable bonds is 5. The minimum absolute atomic E-state index is 0.104. The highest BCUT2D eigenvalue weighted by molar-refractivity contribution is 7.98. The van der Waals surface area contributed by atoms with E-state index in [2.05, 4.69) is 59.8 Å². The minimum Gasteiger partial charge on any atom is -0.502 e. The van der Waals surface area contributed by atoms with Gasteiger partial charge in [-0.1, -0.05) is 69.6 Å². The summed E-state index contributed by atoms with van der Waals surface area (Å²) >= 11 is 1.50. The molecule has 0 radical (unpaired) electrons. The molecular weight excluding hydrogens is 398 g/mol. The van der Waals surface area contributed by atoms with E-state index in [4.69, 9.17) is 4.42 Å². The molecule has 2 aromatic heterocycles. The van der Waals surface area contributed by atoms with Crippen molar-refractivity contribution >= 4 is 11.8 Å². The third-order valence-corrected chi connectivity index (χ3v) is 6.54. The zero-order valence-corrected chi connectivity index (χ0v) is 18.4. The summed E-state index contributed by atoms with van der Waals surface area (Å²) in [6, 6.07) is 10.3. The van der Waals surface area contributed by atoms with Gasteiger partial charge in [0.25, 0.3) is 0 Å². The van der Waals surface area contributed by atoms with Crippen molar-refractivity contribution in [3.05, 3.63) is 58.1 Å². The molecule has 0 unspecified atom stereocenters. The van der Waals surface area contributed by atoms with Crippen molar-refractivity contribution in [1.29, 1.82) is 0 Å². The monoisotopic (exact) mass is 425 g/mol. The highest BCUT2D eigenvalue weighted by Gasteiger charge is 2.25. The molecule has 6 nitrogen and oxygen atoms in total. The summed E-state index contributed by atoms with van der Waals surface area (Å²) in [4.78, 5) is 11.7. The zero-order valence-electron chi connectivity index (χ0n) is 17.6. The third kappa shape index (κ3) is 4.31. The second kappa shape index (κ2) is 8.30. The number of nitrogens with zero attached hydrogens (tertiary/aromatic N) is 3. The van der Waals surface area contributed by atoms with E-state index in [0.717, 1.165) is 35.6 Å². The van der Waals surface area contributed by atoms with Crippen LogP contribution < -0.4 is 5.43 Å². The van der Waals surface area contributed by atoms with Gasteiger partial charge >= 0.3 is 0 Å². The summed E-state index contributed by atoms with van der Waals surface area (Å²) in [5.41, 5.74) is 2.02. The Bertz CT molecular complexity index is 1070. The van der Waals surface area contributed by atoms with Crippen LogP contribution in [0.1, 0.15) is 63.8 Å². The van der Waals surface area contributed by atoms with E-state index in [1.165, 1.54) is 36.2 Å². The Hall–Kier alpha value is -2.54. The smallest absolute Gasteiger partial charge is 0.226 e.